The zero-order valence-electron chi connectivity index (χ0n) is 12.7. The molecular weight excluding hydrogens is 267 g/mol. The number of benzene rings is 1. The molecule has 0 spiro atoms. The van der Waals surface area contributed by atoms with E-state index in [4.69, 9.17) is 4.84 Å². The van der Waals surface area contributed by atoms with Crippen LogP contribution in [-0.2, 0) is 4.84 Å². The number of hydrogen-bond acceptors (Lipinski definition) is 3. The van der Waals surface area contributed by atoms with Gasteiger partial charge < -0.3 is 10.2 Å². The second-order valence-electron chi connectivity index (χ2n) is 6.09. The third-order valence-corrected chi connectivity index (χ3v) is 4.94. The average molecular weight is 290 g/mol. The second kappa shape index (κ2) is 6.14. The normalized spacial score (nSPS) is 32.2. The maximum absolute atomic E-state index is 13.2. The van der Waals surface area contributed by atoms with Crippen LogP contribution in [0.15, 0.2) is 29.4 Å². The highest BCUT2D eigenvalue weighted by molar-refractivity contribution is 5.88. The first-order valence-corrected chi connectivity index (χ1v) is 7.84. The third kappa shape index (κ3) is 2.82. The van der Waals surface area contributed by atoms with E-state index in [0.717, 1.165) is 18.6 Å². The van der Waals surface area contributed by atoms with E-state index in [-0.39, 0.29) is 5.82 Å². The smallest absolute Gasteiger partial charge is 0.123 e. The summed E-state index contributed by atoms with van der Waals surface area (Å²) in [7, 11) is 1.61. The molecule has 1 aromatic rings. The van der Waals surface area contributed by atoms with Crippen LogP contribution < -0.4 is 5.32 Å². The predicted octanol–water partition coefficient (Wildman–Crippen LogP) is 3.46. The molecule has 3 rings (SSSR count). The topological polar surface area (TPSA) is 33.6 Å². The van der Waals surface area contributed by atoms with Crippen LogP contribution >= 0.6 is 0 Å². The Labute approximate surface area is 125 Å². The molecule has 2 bridgehead atoms. The predicted molar refractivity (Wildman–Crippen MR) is 81.9 cm³/mol. The van der Waals surface area contributed by atoms with Crippen molar-refractivity contribution in [3.63, 3.8) is 0 Å². The van der Waals surface area contributed by atoms with Crippen molar-refractivity contribution in [3.05, 3.63) is 35.6 Å². The number of oxime groups is 1. The summed E-state index contributed by atoms with van der Waals surface area (Å²) in [4.78, 5) is 5.06. The van der Waals surface area contributed by atoms with Crippen molar-refractivity contribution >= 4 is 5.71 Å². The maximum Gasteiger partial charge on any atom is 0.123 e. The summed E-state index contributed by atoms with van der Waals surface area (Å²) in [5.74, 6) is 0.575. The zero-order chi connectivity index (χ0) is 14.8. The van der Waals surface area contributed by atoms with Gasteiger partial charge in [-0.3, -0.25) is 0 Å². The van der Waals surface area contributed by atoms with Crippen LogP contribution in [0.1, 0.15) is 44.1 Å². The molecule has 0 radical (unpaired) electrons. The first-order chi connectivity index (χ1) is 10.2. The fourth-order valence-electron chi connectivity index (χ4n) is 4.05. The summed E-state index contributed by atoms with van der Waals surface area (Å²) in [6.45, 7) is 2.13. The molecule has 2 aliphatic rings. The number of nitrogens with one attached hydrogen (secondary N) is 1. The van der Waals surface area contributed by atoms with Gasteiger partial charge in [0.15, 0.2) is 0 Å². The van der Waals surface area contributed by atoms with Crippen LogP contribution in [0.4, 0.5) is 4.39 Å². The van der Waals surface area contributed by atoms with Gasteiger partial charge >= 0.3 is 0 Å². The van der Waals surface area contributed by atoms with Crippen LogP contribution in [0.2, 0.25) is 0 Å². The molecule has 1 N–H and O–H groups in total. The lowest BCUT2D eigenvalue weighted by Gasteiger charge is -2.38. The summed E-state index contributed by atoms with van der Waals surface area (Å²) in [6.07, 6.45) is 4.40. The van der Waals surface area contributed by atoms with Crippen LogP contribution in [0.5, 0.6) is 0 Å². The van der Waals surface area contributed by atoms with Gasteiger partial charge in [-0.15, -0.1) is 0 Å². The van der Waals surface area contributed by atoms with Crippen molar-refractivity contribution in [3.8, 4) is 0 Å². The highest BCUT2D eigenvalue weighted by Crippen LogP contribution is 2.43. The highest BCUT2D eigenvalue weighted by Gasteiger charge is 2.44. The summed E-state index contributed by atoms with van der Waals surface area (Å²) in [6, 6.07) is 8.04. The number of piperidine rings is 1. The first-order valence-electron chi connectivity index (χ1n) is 7.84. The molecule has 2 aliphatic heterocycles. The Hall–Kier alpha value is -1.42. The number of rotatable bonds is 4. The highest BCUT2D eigenvalue weighted by atomic mass is 19.1. The van der Waals surface area contributed by atoms with E-state index < -0.39 is 0 Å². The van der Waals surface area contributed by atoms with Gasteiger partial charge in [0.1, 0.15) is 12.9 Å². The monoisotopic (exact) mass is 290 g/mol. The zero-order valence-corrected chi connectivity index (χ0v) is 12.7. The van der Waals surface area contributed by atoms with E-state index in [0.29, 0.717) is 23.9 Å². The summed E-state index contributed by atoms with van der Waals surface area (Å²) in [5.41, 5.74) is 2.33. The van der Waals surface area contributed by atoms with Crippen LogP contribution in [0, 0.1) is 11.7 Å². The van der Waals surface area contributed by atoms with Gasteiger partial charge in [-0.05, 0) is 49.3 Å². The van der Waals surface area contributed by atoms with Crippen LogP contribution in [0.3, 0.4) is 0 Å². The summed E-state index contributed by atoms with van der Waals surface area (Å²) >= 11 is 0. The van der Waals surface area contributed by atoms with E-state index in [9.17, 15) is 4.39 Å². The van der Waals surface area contributed by atoms with Crippen molar-refractivity contribution in [2.24, 2.45) is 11.1 Å². The van der Waals surface area contributed by atoms with Crippen molar-refractivity contribution in [2.45, 2.75) is 50.6 Å². The molecule has 4 heteroatoms. The molecular formula is C17H23FN2O. The van der Waals surface area contributed by atoms with E-state index in [2.05, 4.69) is 17.4 Å². The lowest BCUT2D eigenvalue weighted by atomic mass is 9.74. The molecule has 4 atom stereocenters. The van der Waals surface area contributed by atoms with E-state index >= 15 is 0 Å². The molecule has 0 aromatic heterocycles. The summed E-state index contributed by atoms with van der Waals surface area (Å²) < 4.78 is 13.2. The van der Waals surface area contributed by atoms with Crippen molar-refractivity contribution < 1.29 is 9.23 Å². The first kappa shape index (κ1) is 14.5. The Morgan fingerprint density at radius 3 is 2.76 bits per heavy atom. The van der Waals surface area contributed by atoms with Crippen LogP contribution in [-0.4, -0.2) is 24.9 Å². The largest absolute Gasteiger partial charge is 0.399 e. The number of fused-ring (bicyclic) bond motifs is 2. The lowest BCUT2D eigenvalue weighted by molar-refractivity contribution is 0.204. The minimum Gasteiger partial charge on any atom is -0.399 e. The van der Waals surface area contributed by atoms with Crippen molar-refractivity contribution in [1.29, 1.82) is 0 Å². The molecule has 2 heterocycles. The fraction of sp³-hybridized carbons (Fsp3) is 0.588. The standard InChI is InChI=1S/C17H23FN2O/c1-3-15(20-21-2)17-14(10-13-8-9-16(17)19-13)11-4-6-12(18)7-5-11/h4-7,13-14,16-17,19H,3,8-10H2,1-2H3/t13?,14-,16+,17+/m0/s1. The Morgan fingerprint density at radius 1 is 1.33 bits per heavy atom. The van der Waals surface area contributed by atoms with E-state index in [1.807, 2.05) is 12.1 Å². The SMILES string of the molecule is CCC(=NOC)[C@@H]1[C@H]2CCC(C[C@H]1c1ccc(F)cc1)N2. The molecule has 1 unspecified atom stereocenters. The second-order valence-corrected chi connectivity index (χ2v) is 6.09. The van der Waals surface area contributed by atoms with Gasteiger partial charge in [-0.1, -0.05) is 24.2 Å². The maximum atomic E-state index is 13.2. The van der Waals surface area contributed by atoms with Gasteiger partial charge in [-0.25, -0.2) is 4.39 Å². The van der Waals surface area contributed by atoms with Gasteiger partial charge in [0, 0.05) is 18.0 Å². The molecule has 2 fully saturated rings. The third-order valence-electron chi connectivity index (χ3n) is 4.94. The van der Waals surface area contributed by atoms with Crippen molar-refractivity contribution in [1.82, 2.24) is 5.32 Å². The Kier molecular flexibility index (Phi) is 4.24. The summed E-state index contributed by atoms with van der Waals surface area (Å²) in [5, 5.41) is 7.99. The van der Waals surface area contributed by atoms with Gasteiger partial charge in [0.2, 0.25) is 0 Å². The minimum absolute atomic E-state index is 0.173. The molecule has 0 amide bonds. The Balaban J connectivity index is 1.95. The molecule has 3 nitrogen and oxygen atoms in total. The minimum atomic E-state index is -0.173. The van der Waals surface area contributed by atoms with E-state index in [1.165, 1.54) is 18.4 Å². The van der Waals surface area contributed by atoms with Crippen LogP contribution in [0.25, 0.3) is 0 Å². The number of halogens is 1. The van der Waals surface area contributed by atoms with Gasteiger partial charge in [0.25, 0.3) is 0 Å². The fourth-order valence-corrected chi connectivity index (χ4v) is 4.05. The molecule has 2 saturated heterocycles. The van der Waals surface area contributed by atoms with Crippen molar-refractivity contribution in [2.75, 3.05) is 7.11 Å². The number of nitrogens with zero attached hydrogens (tertiary/aromatic N) is 1. The average Bonchev–Trinajstić information content (AvgIpc) is 2.88. The lowest BCUT2D eigenvalue weighted by Crippen LogP contribution is -2.47. The molecule has 114 valence electrons. The Bertz CT molecular complexity index is 514. The molecule has 21 heavy (non-hydrogen) atoms. The molecule has 0 saturated carbocycles. The quantitative estimate of drug-likeness (QED) is 0.680. The van der Waals surface area contributed by atoms with Gasteiger partial charge in [-0.2, -0.15) is 0 Å². The van der Waals surface area contributed by atoms with Gasteiger partial charge in [0.05, 0.1) is 5.71 Å². The molecule has 0 aliphatic carbocycles. The van der Waals surface area contributed by atoms with E-state index in [1.54, 1.807) is 19.2 Å². The Morgan fingerprint density at radius 2 is 2.10 bits per heavy atom. The number of hydrogen-bond donors (Lipinski definition) is 1. The molecule has 1 aromatic carbocycles.